The molecule has 1 aliphatic rings. The molecule has 1 aliphatic heterocycles. The predicted molar refractivity (Wildman–Crippen MR) is 97.8 cm³/mol. The predicted octanol–water partition coefficient (Wildman–Crippen LogP) is 0.388. The first kappa shape index (κ1) is 17.4. The Kier molecular flexibility index (Phi) is 4.89. The van der Waals surface area contributed by atoms with E-state index in [1.807, 2.05) is 42.5 Å². The number of ether oxygens (including phenoxy) is 2. The Morgan fingerprint density at radius 3 is 2.42 bits per heavy atom. The van der Waals surface area contributed by atoms with Crippen LogP contribution in [0.5, 0.6) is 0 Å². The molecule has 3 N–H and O–H groups in total. The van der Waals surface area contributed by atoms with Crippen LogP contribution in [-0.4, -0.2) is 42.1 Å². The van der Waals surface area contributed by atoms with Crippen molar-refractivity contribution < 1.29 is 29.2 Å². The van der Waals surface area contributed by atoms with Gasteiger partial charge in [-0.3, -0.25) is 0 Å². The number of hydrogen-bond acceptors (Lipinski definition) is 5. The molecule has 4 rings (SSSR count). The minimum atomic E-state index is -1.64. The molecule has 0 bridgehead atoms. The second-order valence-electron chi connectivity index (χ2n) is 6.38. The Bertz CT molecular complexity index is 940. The van der Waals surface area contributed by atoms with E-state index in [1.54, 1.807) is 4.57 Å². The third-order valence-electron chi connectivity index (χ3n) is 4.76. The Morgan fingerprint density at radius 1 is 1.00 bits per heavy atom. The van der Waals surface area contributed by atoms with Crippen LogP contribution < -0.4 is 10.2 Å². The first-order valence-corrected chi connectivity index (χ1v) is 8.79. The zero-order chi connectivity index (χ0) is 18.1. The van der Waals surface area contributed by atoms with Gasteiger partial charge in [0.1, 0.15) is 6.61 Å². The topological polar surface area (TPSA) is 83.0 Å². The number of aliphatic hydroxyl groups excluding tert-OH is 1. The van der Waals surface area contributed by atoms with E-state index in [0.29, 0.717) is 18.8 Å². The molecule has 3 aromatic rings. The summed E-state index contributed by atoms with van der Waals surface area (Å²) in [4.78, 5) is 0. The number of hydrogen-bond donors (Lipinski definition) is 3. The molecule has 7 heteroatoms. The lowest BCUT2D eigenvalue weighted by Crippen LogP contribution is -2.58. The van der Waals surface area contributed by atoms with Crippen molar-refractivity contribution in [2.45, 2.75) is 19.3 Å². The average molecular weight is 354 g/mol. The van der Waals surface area contributed by atoms with Crippen molar-refractivity contribution in [1.29, 1.82) is 0 Å². The van der Waals surface area contributed by atoms with Gasteiger partial charge in [-0.2, -0.15) is 4.57 Å². The van der Waals surface area contributed by atoms with Crippen molar-refractivity contribution in [2.24, 2.45) is 0 Å². The maximum atomic E-state index is 9.96. The van der Waals surface area contributed by atoms with E-state index in [2.05, 4.69) is 0 Å². The summed E-state index contributed by atoms with van der Waals surface area (Å²) in [5, 5.41) is 32.0. The zero-order valence-electron chi connectivity index (χ0n) is 14.3. The van der Waals surface area contributed by atoms with E-state index < -0.39 is 7.12 Å². The van der Waals surface area contributed by atoms with E-state index in [-0.39, 0.29) is 19.4 Å². The van der Waals surface area contributed by atoms with Gasteiger partial charge in [0.15, 0.2) is 12.8 Å². The second kappa shape index (κ2) is 7.30. The lowest BCUT2D eigenvalue weighted by Gasteiger charge is -2.23. The first-order chi connectivity index (χ1) is 12.7. The van der Waals surface area contributed by atoms with Crippen LogP contribution in [0.4, 0.5) is 0 Å². The lowest BCUT2D eigenvalue weighted by molar-refractivity contribution is -0.655. The number of aliphatic hydroxyl groups is 1. The molecule has 0 radical (unpaired) electrons. The maximum absolute atomic E-state index is 9.96. The van der Waals surface area contributed by atoms with E-state index in [1.165, 1.54) is 0 Å². The van der Waals surface area contributed by atoms with Gasteiger partial charge < -0.3 is 24.6 Å². The van der Waals surface area contributed by atoms with Crippen molar-refractivity contribution in [3.05, 3.63) is 48.0 Å². The summed E-state index contributed by atoms with van der Waals surface area (Å²) in [6.45, 7) is 1.51. The van der Waals surface area contributed by atoms with Crippen LogP contribution in [0, 0.1) is 0 Å². The molecule has 2 heterocycles. The van der Waals surface area contributed by atoms with Crippen molar-refractivity contribution in [1.82, 2.24) is 0 Å². The third-order valence-corrected chi connectivity index (χ3v) is 4.76. The number of fused-ring (bicyclic) bond motifs is 3. The molecule has 134 valence electrons. The number of pyridine rings is 1. The van der Waals surface area contributed by atoms with Crippen LogP contribution in [0.15, 0.2) is 42.5 Å². The van der Waals surface area contributed by atoms with Crippen molar-refractivity contribution in [2.75, 3.05) is 19.8 Å². The van der Waals surface area contributed by atoms with Gasteiger partial charge in [0.25, 0.3) is 0 Å². The number of benzene rings is 2. The van der Waals surface area contributed by atoms with Gasteiger partial charge in [-0.05, 0) is 24.6 Å². The Morgan fingerprint density at radius 2 is 1.73 bits per heavy atom. The maximum Gasteiger partial charge on any atom is 0.561 e. The molecule has 1 aromatic heterocycles. The third kappa shape index (κ3) is 2.98. The summed E-state index contributed by atoms with van der Waals surface area (Å²) in [5.41, 5.74) is 2.12. The van der Waals surface area contributed by atoms with Crippen LogP contribution in [0.3, 0.4) is 0 Å². The van der Waals surface area contributed by atoms with Crippen molar-refractivity contribution >= 4 is 34.4 Å². The van der Waals surface area contributed by atoms with Crippen LogP contribution in [0.1, 0.15) is 18.3 Å². The summed E-state index contributed by atoms with van der Waals surface area (Å²) >= 11 is 0. The van der Waals surface area contributed by atoms with E-state index >= 15 is 0 Å². The highest BCUT2D eigenvalue weighted by molar-refractivity contribution is 6.60. The van der Waals surface area contributed by atoms with Gasteiger partial charge in [-0.1, -0.05) is 18.2 Å². The first-order valence-electron chi connectivity index (χ1n) is 8.79. The van der Waals surface area contributed by atoms with Crippen molar-refractivity contribution in [3.8, 4) is 0 Å². The summed E-state index contributed by atoms with van der Waals surface area (Å²) in [6, 6.07) is 13.5. The molecule has 0 aliphatic carbocycles. The largest absolute Gasteiger partial charge is 0.561 e. The van der Waals surface area contributed by atoms with Crippen LogP contribution in [0.25, 0.3) is 21.7 Å². The van der Waals surface area contributed by atoms with Gasteiger partial charge in [0.2, 0.25) is 11.1 Å². The fraction of sp³-hybridized carbons (Fsp3) is 0.316. The molecular weight excluding hydrogens is 333 g/mol. The highest BCUT2D eigenvalue weighted by Gasteiger charge is 2.31. The molecule has 6 nitrogen and oxygen atoms in total. The molecule has 0 unspecified atom stereocenters. The Hall–Kier alpha value is -2.03. The molecule has 0 saturated carbocycles. The number of rotatable bonds is 4. The molecule has 26 heavy (non-hydrogen) atoms. The van der Waals surface area contributed by atoms with Gasteiger partial charge in [-0.15, -0.1) is 0 Å². The quantitative estimate of drug-likeness (QED) is 0.359. The smallest absolute Gasteiger partial charge is 0.419 e. The van der Waals surface area contributed by atoms with Gasteiger partial charge in [-0.25, -0.2) is 0 Å². The molecule has 0 amide bonds. The molecule has 2 aromatic carbocycles. The average Bonchev–Trinajstić information content (AvgIpc) is 2.68. The van der Waals surface area contributed by atoms with E-state index in [0.717, 1.165) is 33.7 Å². The van der Waals surface area contributed by atoms with Crippen LogP contribution in [0.2, 0.25) is 0 Å². The van der Waals surface area contributed by atoms with Gasteiger partial charge in [0.05, 0.1) is 18.6 Å². The van der Waals surface area contributed by atoms with Crippen LogP contribution >= 0.6 is 0 Å². The SMILES string of the molecule is OCC[n+]1c(B(O)O)c2ccccc2c2cc(C3OCCCO3)ccc21. The number of aromatic nitrogens is 1. The molecule has 0 atom stereocenters. The summed E-state index contributed by atoms with van der Waals surface area (Å²) in [5.74, 6) is 0. The minimum Gasteiger partial charge on any atom is -0.419 e. The summed E-state index contributed by atoms with van der Waals surface area (Å²) < 4.78 is 13.2. The monoisotopic (exact) mass is 354 g/mol. The highest BCUT2D eigenvalue weighted by atomic mass is 16.7. The Balaban J connectivity index is 2.01. The fourth-order valence-electron chi connectivity index (χ4n) is 3.67. The van der Waals surface area contributed by atoms with E-state index in [4.69, 9.17) is 9.47 Å². The van der Waals surface area contributed by atoms with Gasteiger partial charge >= 0.3 is 7.12 Å². The summed E-state index contributed by atoms with van der Waals surface area (Å²) in [7, 11) is -1.64. The molecule has 1 fully saturated rings. The molecular formula is C19H21BNO5+. The van der Waals surface area contributed by atoms with Crippen LogP contribution in [-0.2, 0) is 16.0 Å². The van der Waals surface area contributed by atoms with Gasteiger partial charge in [0, 0.05) is 22.4 Å². The molecule has 0 spiro atoms. The highest BCUT2D eigenvalue weighted by Crippen LogP contribution is 2.28. The zero-order valence-corrected chi connectivity index (χ0v) is 14.3. The second-order valence-corrected chi connectivity index (χ2v) is 6.38. The normalized spacial score (nSPS) is 15.7. The lowest BCUT2D eigenvalue weighted by atomic mass is 9.80. The fourth-order valence-corrected chi connectivity index (χ4v) is 3.67. The molecule has 1 saturated heterocycles. The standard InChI is InChI=1S/C19H21BNO5/c22-9-8-21-17-7-6-13(19-25-10-3-11-26-19)12-16(17)14-4-1-2-5-15(14)18(21)20(23)24/h1-2,4-7,12,19,22-24H,3,8-11H2/q+1. The summed E-state index contributed by atoms with van der Waals surface area (Å²) in [6.07, 6.45) is 0.502. The Labute approximate surface area is 151 Å². The van der Waals surface area contributed by atoms with Crippen molar-refractivity contribution in [3.63, 3.8) is 0 Å². The minimum absolute atomic E-state index is 0.103. The van der Waals surface area contributed by atoms with E-state index in [9.17, 15) is 15.2 Å². The number of nitrogens with zero attached hydrogens (tertiary/aromatic N) is 1.